The summed E-state index contributed by atoms with van der Waals surface area (Å²) in [5, 5.41) is 3.57. The Hall–Kier alpha value is -3.54. The SMILES string of the molecule is CC[C@@H](C(=O)NC(C)(C)C)N(Cc1ccc(Cl)cc1Cl)C(=O)CN(c1ccc(F)cc1)S(=O)(=O)c1ccc2c(c1)OCCO2. The number of benzene rings is 3. The van der Waals surface area contributed by atoms with E-state index in [1.165, 1.54) is 41.3 Å². The molecule has 4 rings (SSSR count). The highest BCUT2D eigenvalue weighted by atomic mass is 35.5. The van der Waals surface area contributed by atoms with Gasteiger partial charge in [-0.25, -0.2) is 12.8 Å². The van der Waals surface area contributed by atoms with E-state index in [-0.39, 0.29) is 40.9 Å². The average Bonchev–Trinajstić information content (AvgIpc) is 2.96. The number of sulfonamides is 1. The van der Waals surface area contributed by atoms with Crippen LogP contribution in [0.1, 0.15) is 39.7 Å². The third kappa shape index (κ3) is 7.94. The first-order chi connectivity index (χ1) is 20.7. The predicted octanol–water partition coefficient (Wildman–Crippen LogP) is 5.82. The van der Waals surface area contributed by atoms with Gasteiger partial charge in [0.1, 0.15) is 31.6 Å². The van der Waals surface area contributed by atoms with Gasteiger partial charge in [-0.3, -0.25) is 13.9 Å². The van der Waals surface area contributed by atoms with Gasteiger partial charge in [-0.1, -0.05) is 36.2 Å². The molecule has 1 N–H and O–H groups in total. The zero-order valence-electron chi connectivity index (χ0n) is 24.8. The van der Waals surface area contributed by atoms with E-state index in [1.54, 1.807) is 19.1 Å². The maximum atomic E-state index is 14.2. The third-order valence-electron chi connectivity index (χ3n) is 6.74. The number of carbonyl (C=O) groups excluding carboxylic acids is 2. The summed E-state index contributed by atoms with van der Waals surface area (Å²) >= 11 is 12.5. The van der Waals surface area contributed by atoms with Gasteiger partial charge >= 0.3 is 0 Å². The molecule has 0 radical (unpaired) electrons. The molecule has 1 heterocycles. The van der Waals surface area contributed by atoms with E-state index in [1.807, 2.05) is 20.8 Å². The highest BCUT2D eigenvalue weighted by Gasteiger charge is 2.35. The Morgan fingerprint density at radius 2 is 1.64 bits per heavy atom. The summed E-state index contributed by atoms with van der Waals surface area (Å²) in [5.74, 6) is -1.05. The molecule has 0 spiro atoms. The van der Waals surface area contributed by atoms with Crippen LogP contribution in [0, 0.1) is 5.82 Å². The smallest absolute Gasteiger partial charge is 0.264 e. The Labute approximate surface area is 266 Å². The number of carbonyl (C=O) groups is 2. The number of fused-ring (bicyclic) bond motifs is 1. The van der Waals surface area contributed by atoms with Gasteiger partial charge in [0.2, 0.25) is 11.8 Å². The number of nitrogens with one attached hydrogen (secondary N) is 1. The van der Waals surface area contributed by atoms with E-state index >= 15 is 0 Å². The lowest BCUT2D eigenvalue weighted by atomic mass is 10.1. The van der Waals surface area contributed by atoms with Gasteiger partial charge in [0.25, 0.3) is 10.0 Å². The summed E-state index contributed by atoms with van der Waals surface area (Å²) in [4.78, 5) is 28.8. The van der Waals surface area contributed by atoms with E-state index in [0.717, 1.165) is 16.4 Å². The highest BCUT2D eigenvalue weighted by molar-refractivity contribution is 7.92. The van der Waals surface area contributed by atoms with Crippen LogP contribution in [-0.2, 0) is 26.2 Å². The van der Waals surface area contributed by atoms with Gasteiger partial charge in [0.15, 0.2) is 11.5 Å². The largest absolute Gasteiger partial charge is 0.486 e. The summed E-state index contributed by atoms with van der Waals surface area (Å²) in [5.41, 5.74) is -0.0421. The van der Waals surface area contributed by atoms with Crippen molar-refractivity contribution in [2.75, 3.05) is 24.1 Å². The molecular weight excluding hydrogens is 632 g/mol. The topological polar surface area (TPSA) is 105 Å². The summed E-state index contributed by atoms with van der Waals surface area (Å²) in [7, 11) is -4.41. The van der Waals surface area contributed by atoms with Crippen LogP contribution >= 0.6 is 23.2 Å². The normalized spacial score (nSPS) is 13.6. The van der Waals surface area contributed by atoms with Crippen molar-refractivity contribution < 1.29 is 31.9 Å². The molecule has 3 aromatic rings. The standard InChI is InChI=1S/C31H34Cl2FN3O6S/c1-5-26(30(39)35-31(2,3)4)36(18-20-6-7-21(32)16-25(20)33)29(38)19-37(23-10-8-22(34)9-11-23)44(40,41)24-12-13-27-28(17-24)43-15-14-42-27/h6-13,16-17,26H,5,14-15,18-19H2,1-4H3,(H,35,39)/t26-/m0/s1. The Morgan fingerprint density at radius 1 is 0.977 bits per heavy atom. The molecule has 236 valence electrons. The van der Waals surface area contributed by atoms with E-state index in [9.17, 15) is 22.4 Å². The molecule has 0 fully saturated rings. The van der Waals surface area contributed by atoms with Crippen molar-refractivity contribution in [3.63, 3.8) is 0 Å². The van der Waals surface area contributed by atoms with Gasteiger partial charge < -0.3 is 19.7 Å². The predicted molar refractivity (Wildman–Crippen MR) is 167 cm³/mol. The second-order valence-electron chi connectivity index (χ2n) is 11.2. The molecule has 0 saturated heterocycles. The maximum Gasteiger partial charge on any atom is 0.264 e. The zero-order valence-corrected chi connectivity index (χ0v) is 27.1. The minimum Gasteiger partial charge on any atom is -0.486 e. The summed E-state index contributed by atoms with van der Waals surface area (Å²) in [6.45, 7) is 6.96. The van der Waals surface area contributed by atoms with Crippen LogP contribution in [-0.4, -0.2) is 56.5 Å². The molecule has 1 aliphatic rings. The maximum absolute atomic E-state index is 14.2. The molecule has 2 amide bonds. The number of halogens is 3. The van der Waals surface area contributed by atoms with E-state index in [0.29, 0.717) is 22.9 Å². The Morgan fingerprint density at radius 3 is 2.25 bits per heavy atom. The van der Waals surface area contributed by atoms with Crippen LogP contribution in [0.15, 0.2) is 65.6 Å². The monoisotopic (exact) mass is 665 g/mol. The van der Waals surface area contributed by atoms with Crippen molar-refractivity contribution >= 4 is 50.7 Å². The first kappa shape index (κ1) is 33.4. The fourth-order valence-corrected chi connectivity index (χ4v) is 6.55. The Bertz CT molecular complexity index is 1630. The van der Waals surface area contributed by atoms with Gasteiger partial charge in [-0.15, -0.1) is 0 Å². The summed E-state index contributed by atoms with van der Waals surface area (Å²) in [6.07, 6.45) is 0.227. The Balaban J connectivity index is 1.77. The highest BCUT2D eigenvalue weighted by Crippen LogP contribution is 2.34. The zero-order chi connectivity index (χ0) is 32.2. The van der Waals surface area contributed by atoms with Gasteiger partial charge in [0.05, 0.1) is 10.6 Å². The summed E-state index contributed by atoms with van der Waals surface area (Å²) < 4.78 is 54.1. The quantitative estimate of drug-likeness (QED) is 0.293. The number of amides is 2. The summed E-state index contributed by atoms with van der Waals surface area (Å²) in [6, 6.07) is 12.7. The minimum atomic E-state index is -4.41. The van der Waals surface area contributed by atoms with Crippen LogP contribution in [0.3, 0.4) is 0 Å². The number of hydrogen-bond acceptors (Lipinski definition) is 6. The van der Waals surface area contributed by atoms with Crippen molar-refractivity contribution in [2.45, 2.75) is 57.1 Å². The van der Waals surface area contributed by atoms with Crippen LogP contribution in [0.5, 0.6) is 11.5 Å². The molecule has 1 aliphatic heterocycles. The van der Waals surface area contributed by atoms with E-state index < -0.39 is 45.8 Å². The molecule has 0 aliphatic carbocycles. The molecule has 44 heavy (non-hydrogen) atoms. The van der Waals surface area contributed by atoms with Crippen molar-refractivity contribution in [1.29, 1.82) is 0 Å². The molecule has 3 aromatic carbocycles. The molecular formula is C31H34Cl2FN3O6S. The van der Waals surface area contributed by atoms with Gasteiger partial charge in [-0.2, -0.15) is 0 Å². The van der Waals surface area contributed by atoms with Crippen LogP contribution < -0.4 is 19.1 Å². The van der Waals surface area contributed by atoms with E-state index in [2.05, 4.69) is 5.32 Å². The molecule has 0 aromatic heterocycles. The molecule has 0 unspecified atom stereocenters. The number of nitrogens with zero attached hydrogens (tertiary/aromatic N) is 2. The van der Waals surface area contributed by atoms with Crippen LogP contribution in [0.4, 0.5) is 10.1 Å². The lowest BCUT2D eigenvalue weighted by Gasteiger charge is -2.35. The van der Waals surface area contributed by atoms with Crippen LogP contribution in [0.2, 0.25) is 10.0 Å². The first-order valence-electron chi connectivity index (χ1n) is 13.9. The Kier molecular flexibility index (Phi) is 10.3. The van der Waals surface area contributed by atoms with Crippen molar-refractivity contribution in [3.8, 4) is 11.5 Å². The van der Waals surface area contributed by atoms with E-state index in [4.69, 9.17) is 32.7 Å². The fraction of sp³-hybridized carbons (Fsp3) is 0.355. The molecule has 9 nitrogen and oxygen atoms in total. The molecule has 0 saturated carbocycles. The second kappa shape index (κ2) is 13.6. The van der Waals surface area contributed by atoms with Gasteiger partial charge in [-0.05, 0) is 81.3 Å². The molecule has 1 atom stereocenters. The lowest BCUT2D eigenvalue weighted by Crippen LogP contribution is -2.55. The number of hydrogen-bond donors (Lipinski definition) is 1. The fourth-order valence-electron chi connectivity index (χ4n) is 4.65. The first-order valence-corrected chi connectivity index (χ1v) is 16.1. The van der Waals surface area contributed by atoms with Crippen molar-refractivity contribution in [3.05, 3.63) is 82.1 Å². The van der Waals surface area contributed by atoms with Crippen molar-refractivity contribution in [2.24, 2.45) is 0 Å². The third-order valence-corrected chi connectivity index (χ3v) is 9.09. The number of anilines is 1. The van der Waals surface area contributed by atoms with Gasteiger partial charge in [0, 0.05) is 28.2 Å². The lowest BCUT2D eigenvalue weighted by molar-refractivity contribution is -0.141. The molecule has 13 heteroatoms. The number of rotatable bonds is 10. The molecule has 0 bridgehead atoms. The average molecular weight is 667 g/mol. The van der Waals surface area contributed by atoms with Crippen LogP contribution in [0.25, 0.3) is 0 Å². The minimum absolute atomic E-state index is 0.0475. The second-order valence-corrected chi connectivity index (χ2v) is 13.9. The van der Waals surface area contributed by atoms with Crippen molar-refractivity contribution in [1.82, 2.24) is 10.2 Å². The number of ether oxygens (including phenoxy) is 2.